The summed E-state index contributed by atoms with van der Waals surface area (Å²) in [4.78, 5) is 10.9. The predicted octanol–water partition coefficient (Wildman–Crippen LogP) is 2.66. The number of benzene rings is 1. The highest BCUT2D eigenvalue weighted by Crippen LogP contribution is 2.31. The van der Waals surface area contributed by atoms with Crippen LogP contribution in [0.4, 0.5) is 20.4 Å². The number of hydrogen-bond donors (Lipinski definition) is 2. The molecule has 0 radical (unpaired) electrons. The largest absolute Gasteiger partial charge is 0.391 e. The van der Waals surface area contributed by atoms with Crippen molar-refractivity contribution >= 4 is 28.2 Å². The van der Waals surface area contributed by atoms with Gasteiger partial charge in [0, 0.05) is 31.3 Å². The first-order valence-electron chi connectivity index (χ1n) is 10.6. The Morgan fingerprint density at radius 2 is 2.03 bits per heavy atom. The molecule has 1 aromatic carbocycles. The van der Waals surface area contributed by atoms with Crippen LogP contribution in [-0.2, 0) is 0 Å². The number of aliphatic hydroxyl groups excluding tert-OH is 1. The van der Waals surface area contributed by atoms with Gasteiger partial charge in [0.15, 0.2) is 17.3 Å². The maximum atomic E-state index is 14.2. The minimum absolute atomic E-state index is 0.00203. The Labute approximate surface area is 182 Å². The van der Waals surface area contributed by atoms with E-state index in [-0.39, 0.29) is 34.5 Å². The van der Waals surface area contributed by atoms with Gasteiger partial charge in [0.05, 0.1) is 29.4 Å². The van der Waals surface area contributed by atoms with Crippen LogP contribution < -0.4 is 10.6 Å². The second-order valence-electron chi connectivity index (χ2n) is 8.40. The van der Waals surface area contributed by atoms with E-state index in [4.69, 9.17) is 5.73 Å². The van der Waals surface area contributed by atoms with Crippen molar-refractivity contribution < 1.29 is 13.9 Å². The van der Waals surface area contributed by atoms with Crippen LogP contribution in [-0.4, -0.2) is 53.7 Å². The summed E-state index contributed by atoms with van der Waals surface area (Å²) in [6, 6.07) is 1.85. The third kappa shape index (κ3) is 3.42. The second-order valence-corrected chi connectivity index (χ2v) is 8.40. The molecule has 32 heavy (non-hydrogen) atoms. The molecule has 1 aliphatic heterocycles. The third-order valence-corrected chi connectivity index (χ3v) is 6.19. The highest BCUT2D eigenvalue weighted by atomic mass is 19.1. The molecule has 0 saturated carbocycles. The fraction of sp³-hybridized carbons (Fsp3) is 0.429. The van der Waals surface area contributed by atoms with Gasteiger partial charge in [-0.15, -0.1) is 5.10 Å². The molecule has 168 valence electrons. The zero-order chi connectivity index (χ0) is 22.6. The molecule has 4 heterocycles. The molecule has 1 saturated heterocycles. The van der Waals surface area contributed by atoms with Gasteiger partial charge in [-0.2, -0.15) is 9.61 Å². The number of hydrogen-bond acceptors (Lipinski definition) is 7. The Balaban J connectivity index is 1.48. The minimum atomic E-state index is -0.786. The van der Waals surface area contributed by atoms with E-state index in [1.165, 1.54) is 10.6 Å². The zero-order valence-corrected chi connectivity index (χ0v) is 17.8. The van der Waals surface area contributed by atoms with Gasteiger partial charge in [-0.25, -0.2) is 18.7 Å². The number of nitrogen functional groups attached to an aromatic ring is 1. The summed E-state index contributed by atoms with van der Waals surface area (Å²) >= 11 is 0. The molecule has 1 fully saturated rings. The lowest BCUT2D eigenvalue weighted by Crippen LogP contribution is -2.34. The normalized spacial score (nSPS) is 19.0. The van der Waals surface area contributed by atoms with Crippen molar-refractivity contribution in [2.24, 2.45) is 0 Å². The standard InChI is InChI=1S/C21H24F2N8O/c1-11(12(2)32)30-10-15(8-25-30)29-5-3-4-13(9-29)19-27-20-16-6-14(22)7-17(23)18(16)26-21(24)31(20)28-19/h6-8,10-13,32H,3-5,9H2,1-2H3,(H2,24,26)/t11-,12+,13?/m1/s1. The summed E-state index contributed by atoms with van der Waals surface area (Å²) in [5, 5.41) is 19.0. The average molecular weight is 442 g/mol. The lowest BCUT2D eigenvalue weighted by molar-refractivity contribution is 0.132. The van der Waals surface area contributed by atoms with Gasteiger partial charge in [0.25, 0.3) is 0 Å². The summed E-state index contributed by atoms with van der Waals surface area (Å²) < 4.78 is 31.2. The summed E-state index contributed by atoms with van der Waals surface area (Å²) in [5.74, 6) is -0.928. The van der Waals surface area contributed by atoms with Crippen molar-refractivity contribution in [1.29, 1.82) is 0 Å². The Morgan fingerprint density at radius 3 is 2.81 bits per heavy atom. The molecule has 1 aliphatic rings. The van der Waals surface area contributed by atoms with E-state index in [1.807, 2.05) is 13.1 Å². The predicted molar refractivity (Wildman–Crippen MR) is 115 cm³/mol. The van der Waals surface area contributed by atoms with Crippen molar-refractivity contribution in [2.45, 2.75) is 44.8 Å². The van der Waals surface area contributed by atoms with Crippen LogP contribution in [0.15, 0.2) is 24.5 Å². The molecule has 0 spiro atoms. The van der Waals surface area contributed by atoms with Crippen LogP contribution in [0.1, 0.15) is 44.5 Å². The molecule has 3 atom stereocenters. The molecule has 5 rings (SSSR count). The second kappa shape index (κ2) is 7.66. The smallest absolute Gasteiger partial charge is 0.223 e. The van der Waals surface area contributed by atoms with E-state index >= 15 is 0 Å². The van der Waals surface area contributed by atoms with Gasteiger partial charge in [0.2, 0.25) is 5.95 Å². The lowest BCUT2D eigenvalue weighted by Gasteiger charge is -2.32. The Kier molecular flexibility index (Phi) is 4.92. The lowest BCUT2D eigenvalue weighted by atomic mass is 9.97. The Bertz CT molecular complexity index is 1300. The molecule has 1 unspecified atom stereocenters. The van der Waals surface area contributed by atoms with E-state index in [0.29, 0.717) is 12.4 Å². The summed E-state index contributed by atoms with van der Waals surface area (Å²) in [7, 11) is 0. The molecular weight excluding hydrogens is 418 g/mol. The van der Waals surface area contributed by atoms with Crippen LogP contribution in [0.2, 0.25) is 0 Å². The van der Waals surface area contributed by atoms with Crippen LogP contribution in [0.5, 0.6) is 0 Å². The van der Waals surface area contributed by atoms with E-state index < -0.39 is 17.7 Å². The number of rotatable bonds is 4. The number of anilines is 2. The van der Waals surface area contributed by atoms with Gasteiger partial charge >= 0.3 is 0 Å². The Morgan fingerprint density at radius 1 is 1.22 bits per heavy atom. The average Bonchev–Trinajstić information content (AvgIpc) is 3.43. The van der Waals surface area contributed by atoms with Gasteiger partial charge in [-0.05, 0) is 32.8 Å². The molecule has 0 aliphatic carbocycles. The van der Waals surface area contributed by atoms with Crippen molar-refractivity contribution in [2.75, 3.05) is 23.7 Å². The number of nitrogens with two attached hydrogens (primary N) is 1. The SMILES string of the molecule is C[C@H](O)[C@@H](C)n1cc(N2CCCC(c3nc4c5cc(F)cc(F)c5nc(N)n4n3)C2)cn1. The molecule has 11 heteroatoms. The maximum Gasteiger partial charge on any atom is 0.223 e. The Hall–Kier alpha value is -3.34. The van der Waals surface area contributed by atoms with E-state index in [0.717, 1.165) is 31.1 Å². The van der Waals surface area contributed by atoms with Crippen LogP contribution in [0, 0.1) is 11.6 Å². The topological polar surface area (TPSA) is 110 Å². The first kappa shape index (κ1) is 20.6. The van der Waals surface area contributed by atoms with Crippen LogP contribution in [0.25, 0.3) is 16.6 Å². The van der Waals surface area contributed by atoms with Gasteiger partial charge < -0.3 is 15.7 Å². The quantitative estimate of drug-likeness (QED) is 0.500. The molecular formula is C21H24F2N8O. The third-order valence-electron chi connectivity index (χ3n) is 6.19. The summed E-state index contributed by atoms with van der Waals surface area (Å²) in [5.41, 5.74) is 7.21. The number of piperidine rings is 1. The first-order chi connectivity index (χ1) is 15.3. The van der Waals surface area contributed by atoms with E-state index in [9.17, 15) is 13.9 Å². The fourth-order valence-electron chi connectivity index (χ4n) is 4.20. The molecule has 0 amide bonds. The van der Waals surface area contributed by atoms with Crippen molar-refractivity contribution in [3.8, 4) is 0 Å². The first-order valence-corrected chi connectivity index (χ1v) is 10.6. The zero-order valence-electron chi connectivity index (χ0n) is 17.8. The van der Waals surface area contributed by atoms with E-state index in [2.05, 4.69) is 25.1 Å². The highest BCUT2D eigenvalue weighted by Gasteiger charge is 2.27. The number of aliphatic hydroxyl groups is 1. The van der Waals surface area contributed by atoms with E-state index in [1.54, 1.807) is 17.8 Å². The van der Waals surface area contributed by atoms with Gasteiger partial charge in [0.1, 0.15) is 11.3 Å². The molecule has 3 aromatic heterocycles. The number of halogens is 2. The molecule has 9 nitrogen and oxygen atoms in total. The van der Waals surface area contributed by atoms with Crippen molar-refractivity contribution in [3.63, 3.8) is 0 Å². The number of fused-ring (bicyclic) bond motifs is 3. The summed E-state index contributed by atoms with van der Waals surface area (Å²) in [6.07, 6.45) is 5.01. The minimum Gasteiger partial charge on any atom is -0.391 e. The number of aromatic nitrogens is 6. The number of nitrogens with zero attached hydrogens (tertiary/aromatic N) is 7. The van der Waals surface area contributed by atoms with Gasteiger partial charge in [-0.3, -0.25) is 4.68 Å². The fourth-order valence-corrected chi connectivity index (χ4v) is 4.20. The molecule has 4 aromatic rings. The van der Waals surface area contributed by atoms with Crippen LogP contribution in [0.3, 0.4) is 0 Å². The molecule has 3 N–H and O–H groups in total. The monoisotopic (exact) mass is 442 g/mol. The maximum absolute atomic E-state index is 14.2. The van der Waals surface area contributed by atoms with Crippen LogP contribution >= 0.6 is 0 Å². The highest BCUT2D eigenvalue weighted by molar-refractivity contribution is 5.92. The molecule has 0 bridgehead atoms. The van der Waals surface area contributed by atoms with Crippen molar-refractivity contribution in [3.05, 3.63) is 42.0 Å². The van der Waals surface area contributed by atoms with Crippen molar-refractivity contribution in [1.82, 2.24) is 29.4 Å². The van der Waals surface area contributed by atoms with Gasteiger partial charge in [-0.1, -0.05) is 0 Å². The summed E-state index contributed by atoms with van der Waals surface area (Å²) in [6.45, 7) is 5.18.